The van der Waals surface area contributed by atoms with Crippen LogP contribution in [0, 0.1) is 0 Å². The van der Waals surface area contributed by atoms with Crippen molar-refractivity contribution in [2.24, 2.45) is 0 Å². The van der Waals surface area contributed by atoms with Crippen LogP contribution in [0.15, 0.2) is 24.4 Å². The summed E-state index contributed by atoms with van der Waals surface area (Å²) in [4.78, 5) is 4.40. The number of hydrogen-bond donors (Lipinski definition) is 0. The second-order valence-electron chi connectivity index (χ2n) is 2.56. The molecule has 2 radical (unpaired) electrons. The summed E-state index contributed by atoms with van der Waals surface area (Å²) in [5.74, 6) is 1.27. The summed E-state index contributed by atoms with van der Waals surface area (Å²) < 4.78 is 5.67. The average Bonchev–Trinajstić information content (AvgIpc) is 2.21. The summed E-state index contributed by atoms with van der Waals surface area (Å²) in [7, 11) is 0. The molecule has 62 valence electrons. The van der Waals surface area contributed by atoms with E-state index >= 15 is 0 Å². The SMILES string of the molecule is c1ccc([N]2[Sb][CH2]C[CH2][Sb]2)nc1. The first-order chi connectivity index (χ1) is 5.97. The van der Waals surface area contributed by atoms with Crippen LogP contribution >= 0.6 is 0 Å². The third kappa shape index (κ3) is 2.30. The summed E-state index contributed by atoms with van der Waals surface area (Å²) >= 11 is -0.0658. The molecule has 1 fully saturated rings. The predicted molar refractivity (Wildman–Crippen MR) is 52.5 cm³/mol. The standard InChI is InChI=1S/C5H4N2.C3H6.2Sb/c6-5-3-1-2-4-7-5;1-3-2;;/h1-4H;1-3H2;;. The molecule has 1 aromatic rings. The van der Waals surface area contributed by atoms with Crippen molar-refractivity contribution in [2.75, 3.05) is 1.22 Å². The monoisotopic (exact) mass is 376 g/mol. The quantitative estimate of drug-likeness (QED) is 0.687. The van der Waals surface area contributed by atoms with Crippen LogP contribution < -0.4 is 1.22 Å². The Bertz CT molecular complexity index is 234. The summed E-state index contributed by atoms with van der Waals surface area (Å²) in [6.45, 7) is 0. The maximum atomic E-state index is 4.40. The van der Waals surface area contributed by atoms with Crippen molar-refractivity contribution in [2.45, 2.75) is 15.2 Å². The van der Waals surface area contributed by atoms with Crippen LogP contribution in [0.25, 0.3) is 0 Å². The van der Waals surface area contributed by atoms with Crippen molar-refractivity contribution < 1.29 is 0 Å². The van der Waals surface area contributed by atoms with E-state index in [0.29, 0.717) is 0 Å². The maximum absolute atomic E-state index is 4.40. The summed E-state index contributed by atoms with van der Waals surface area (Å²) in [6, 6.07) is 6.26. The molecule has 2 heterocycles. The van der Waals surface area contributed by atoms with E-state index in [2.05, 4.69) is 18.3 Å². The molecule has 0 unspecified atom stereocenters. The number of aromatic nitrogens is 1. The molecule has 1 aliphatic rings. The minimum absolute atomic E-state index is 0.0329. The Morgan fingerprint density at radius 2 is 2.08 bits per heavy atom. The number of anilines is 1. The Kier molecular flexibility index (Phi) is 3.60. The van der Waals surface area contributed by atoms with Gasteiger partial charge in [0.1, 0.15) is 0 Å². The van der Waals surface area contributed by atoms with E-state index in [1.54, 1.807) is 0 Å². The van der Waals surface area contributed by atoms with Gasteiger partial charge in [-0.15, -0.1) is 0 Å². The van der Waals surface area contributed by atoms with Crippen LogP contribution in [0.1, 0.15) is 6.42 Å². The molecule has 0 bridgehead atoms. The zero-order valence-electron chi connectivity index (χ0n) is 6.72. The molecule has 12 heavy (non-hydrogen) atoms. The fourth-order valence-corrected chi connectivity index (χ4v) is 13.0. The molecule has 1 saturated heterocycles. The Hall–Kier alpha value is 0.586. The van der Waals surface area contributed by atoms with Gasteiger partial charge in [0.15, 0.2) is 0 Å². The fraction of sp³-hybridized carbons (Fsp3) is 0.375. The second kappa shape index (κ2) is 4.72. The van der Waals surface area contributed by atoms with E-state index < -0.39 is 0 Å². The summed E-state index contributed by atoms with van der Waals surface area (Å²) in [6.07, 6.45) is 3.42. The molecular formula is C8H10N2Sb2. The van der Waals surface area contributed by atoms with Gasteiger partial charge in [-0.3, -0.25) is 0 Å². The van der Waals surface area contributed by atoms with E-state index in [1.807, 2.05) is 12.3 Å². The molecule has 0 amide bonds. The second-order valence-corrected chi connectivity index (χ2v) is 11.8. The van der Waals surface area contributed by atoms with Gasteiger partial charge in [0.2, 0.25) is 0 Å². The van der Waals surface area contributed by atoms with Gasteiger partial charge in [-0.1, -0.05) is 0 Å². The van der Waals surface area contributed by atoms with Gasteiger partial charge >= 0.3 is 95.4 Å². The average molecular weight is 378 g/mol. The van der Waals surface area contributed by atoms with Crippen LogP contribution in [0.2, 0.25) is 8.73 Å². The van der Waals surface area contributed by atoms with E-state index in [-0.39, 0.29) is 43.8 Å². The first kappa shape index (κ1) is 9.15. The van der Waals surface area contributed by atoms with Crippen LogP contribution in [-0.2, 0) is 0 Å². The van der Waals surface area contributed by atoms with Gasteiger partial charge in [0.25, 0.3) is 0 Å². The molecule has 0 aliphatic carbocycles. The van der Waals surface area contributed by atoms with Crippen LogP contribution in [0.4, 0.5) is 5.82 Å². The Labute approximate surface area is 94.5 Å². The molecule has 0 N–H and O–H groups in total. The molecule has 0 atom stereocenters. The van der Waals surface area contributed by atoms with Crippen LogP contribution in [-0.4, -0.2) is 48.8 Å². The van der Waals surface area contributed by atoms with Gasteiger partial charge < -0.3 is 0 Å². The topological polar surface area (TPSA) is 16.1 Å². The molecule has 2 nitrogen and oxygen atoms in total. The third-order valence-electron chi connectivity index (χ3n) is 1.64. The number of nitrogens with zero attached hydrogens (tertiary/aromatic N) is 2. The normalized spacial score (nSPS) is 17.8. The van der Waals surface area contributed by atoms with Crippen LogP contribution in [0.5, 0.6) is 0 Å². The molecule has 1 aromatic heterocycles. The van der Waals surface area contributed by atoms with Gasteiger partial charge in [0.05, 0.1) is 0 Å². The molecule has 0 saturated carbocycles. The van der Waals surface area contributed by atoms with Crippen molar-refractivity contribution >= 4 is 49.6 Å². The number of rotatable bonds is 1. The summed E-state index contributed by atoms with van der Waals surface area (Å²) in [5.41, 5.74) is 0. The predicted octanol–water partition coefficient (Wildman–Crippen LogP) is 1.37. The van der Waals surface area contributed by atoms with Crippen molar-refractivity contribution in [1.29, 1.82) is 0 Å². The number of pyridine rings is 1. The summed E-state index contributed by atoms with van der Waals surface area (Å²) in [5, 5.41) is 0. The molecule has 1 aliphatic heterocycles. The minimum atomic E-state index is -0.0329. The molecule has 2 rings (SSSR count). The van der Waals surface area contributed by atoms with Crippen molar-refractivity contribution in [3.05, 3.63) is 24.4 Å². The molecule has 4 heteroatoms. The van der Waals surface area contributed by atoms with E-state index in [9.17, 15) is 0 Å². The van der Waals surface area contributed by atoms with E-state index in [1.165, 1.54) is 21.0 Å². The van der Waals surface area contributed by atoms with E-state index in [4.69, 9.17) is 0 Å². The first-order valence-electron chi connectivity index (χ1n) is 4.03. The van der Waals surface area contributed by atoms with Gasteiger partial charge in [0, 0.05) is 0 Å². The van der Waals surface area contributed by atoms with Gasteiger partial charge in [-0.05, 0) is 0 Å². The number of hydrogen-bond acceptors (Lipinski definition) is 2. The Balaban J connectivity index is 2.08. The van der Waals surface area contributed by atoms with Crippen molar-refractivity contribution in [1.82, 2.24) is 4.98 Å². The Morgan fingerprint density at radius 1 is 1.25 bits per heavy atom. The van der Waals surface area contributed by atoms with Crippen molar-refractivity contribution in [3.63, 3.8) is 0 Å². The third-order valence-corrected chi connectivity index (χ3v) is 12.1. The molecular weight excluding hydrogens is 368 g/mol. The Morgan fingerprint density at radius 3 is 2.75 bits per heavy atom. The zero-order valence-corrected chi connectivity index (χ0v) is 11.8. The first-order valence-corrected chi connectivity index (χ1v) is 9.92. The van der Waals surface area contributed by atoms with Gasteiger partial charge in [-0.25, -0.2) is 0 Å². The zero-order chi connectivity index (χ0) is 8.23. The van der Waals surface area contributed by atoms with E-state index in [0.717, 1.165) is 0 Å². The molecule has 0 spiro atoms. The fourth-order valence-electron chi connectivity index (χ4n) is 1.06. The molecule has 0 aromatic carbocycles. The van der Waals surface area contributed by atoms with Gasteiger partial charge in [-0.2, -0.15) is 0 Å². The van der Waals surface area contributed by atoms with Crippen molar-refractivity contribution in [3.8, 4) is 0 Å². The van der Waals surface area contributed by atoms with Crippen LogP contribution in [0.3, 0.4) is 0 Å².